The second-order valence-corrected chi connectivity index (χ2v) is 4.22. The molecular formula is C14H20FNO2. The molecule has 4 heteroatoms. The van der Waals surface area contributed by atoms with E-state index >= 15 is 0 Å². The van der Waals surface area contributed by atoms with Crippen molar-refractivity contribution in [3.8, 4) is 5.75 Å². The van der Waals surface area contributed by atoms with Crippen molar-refractivity contribution < 1.29 is 13.9 Å². The van der Waals surface area contributed by atoms with Crippen molar-refractivity contribution in [2.24, 2.45) is 0 Å². The summed E-state index contributed by atoms with van der Waals surface area (Å²) < 4.78 is 18.6. The average molecular weight is 253 g/mol. The van der Waals surface area contributed by atoms with Crippen LogP contribution in [0, 0.1) is 12.7 Å². The molecule has 0 N–H and O–H groups in total. The van der Waals surface area contributed by atoms with Crippen LogP contribution in [0.3, 0.4) is 0 Å². The van der Waals surface area contributed by atoms with Gasteiger partial charge in [0.2, 0.25) is 0 Å². The summed E-state index contributed by atoms with van der Waals surface area (Å²) in [6, 6.07) is 3.04. The fourth-order valence-electron chi connectivity index (χ4n) is 1.86. The Kier molecular flexibility index (Phi) is 4.70. The number of benzene rings is 1. The number of anilines is 1. The third kappa shape index (κ3) is 2.63. The summed E-state index contributed by atoms with van der Waals surface area (Å²) in [5.74, 6) is 0.0433. The summed E-state index contributed by atoms with van der Waals surface area (Å²) in [7, 11) is 0. The maximum absolute atomic E-state index is 13.3. The molecule has 3 nitrogen and oxygen atoms in total. The molecule has 1 aliphatic heterocycles. The highest BCUT2D eigenvalue weighted by atomic mass is 19.1. The summed E-state index contributed by atoms with van der Waals surface area (Å²) in [4.78, 5) is 13.3. The Balaban J connectivity index is 0.000000771. The lowest BCUT2D eigenvalue weighted by Crippen LogP contribution is -2.43. The molecule has 1 aromatic carbocycles. The summed E-state index contributed by atoms with van der Waals surface area (Å²) in [5, 5.41) is 0. The Morgan fingerprint density at radius 1 is 1.33 bits per heavy atom. The van der Waals surface area contributed by atoms with Crippen molar-refractivity contribution in [3.63, 3.8) is 0 Å². The SMILES string of the molecule is CC.Cc1cc2c(cc1F)OCC(=O)N2C(C)C. The number of carbonyl (C=O) groups is 1. The van der Waals surface area contributed by atoms with Crippen LogP contribution >= 0.6 is 0 Å². The molecule has 0 aromatic heterocycles. The second kappa shape index (κ2) is 5.85. The van der Waals surface area contributed by atoms with Crippen molar-refractivity contribution in [2.75, 3.05) is 11.5 Å². The van der Waals surface area contributed by atoms with E-state index in [2.05, 4.69) is 0 Å². The summed E-state index contributed by atoms with van der Waals surface area (Å²) in [5.41, 5.74) is 1.17. The summed E-state index contributed by atoms with van der Waals surface area (Å²) in [6.45, 7) is 9.50. The van der Waals surface area contributed by atoms with E-state index in [1.54, 1.807) is 17.9 Å². The molecule has 1 heterocycles. The van der Waals surface area contributed by atoms with Gasteiger partial charge in [-0.3, -0.25) is 4.79 Å². The highest BCUT2D eigenvalue weighted by Gasteiger charge is 2.28. The minimum Gasteiger partial charge on any atom is -0.481 e. The first-order chi connectivity index (χ1) is 8.50. The van der Waals surface area contributed by atoms with Gasteiger partial charge in [0.1, 0.15) is 11.6 Å². The molecule has 18 heavy (non-hydrogen) atoms. The van der Waals surface area contributed by atoms with Crippen molar-refractivity contribution in [1.29, 1.82) is 0 Å². The predicted molar refractivity (Wildman–Crippen MR) is 70.6 cm³/mol. The monoisotopic (exact) mass is 253 g/mol. The number of fused-ring (bicyclic) bond motifs is 1. The van der Waals surface area contributed by atoms with Crippen molar-refractivity contribution in [1.82, 2.24) is 0 Å². The average Bonchev–Trinajstić information content (AvgIpc) is 2.33. The van der Waals surface area contributed by atoms with Crippen LogP contribution in [0.5, 0.6) is 5.75 Å². The van der Waals surface area contributed by atoms with Crippen molar-refractivity contribution in [2.45, 2.75) is 40.7 Å². The fraction of sp³-hybridized carbons (Fsp3) is 0.500. The smallest absolute Gasteiger partial charge is 0.265 e. The zero-order valence-electron chi connectivity index (χ0n) is 11.6. The van der Waals surface area contributed by atoms with Gasteiger partial charge >= 0.3 is 0 Å². The normalized spacial score (nSPS) is 13.7. The van der Waals surface area contributed by atoms with Crippen molar-refractivity contribution in [3.05, 3.63) is 23.5 Å². The molecule has 0 aliphatic carbocycles. The van der Waals surface area contributed by atoms with Gasteiger partial charge in [-0.25, -0.2) is 4.39 Å². The Morgan fingerprint density at radius 2 is 1.94 bits per heavy atom. The molecule has 0 fully saturated rings. The molecule has 0 saturated heterocycles. The lowest BCUT2D eigenvalue weighted by Gasteiger charge is -2.32. The van der Waals surface area contributed by atoms with Crippen LogP contribution in [0.1, 0.15) is 33.3 Å². The van der Waals surface area contributed by atoms with Gasteiger partial charge in [-0.05, 0) is 32.4 Å². The molecular weight excluding hydrogens is 233 g/mol. The van der Waals surface area contributed by atoms with Crippen LogP contribution in [-0.2, 0) is 4.79 Å². The number of amides is 1. The molecule has 0 unspecified atom stereocenters. The van der Waals surface area contributed by atoms with Gasteiger partial charge in [0.15, 0.2) is 6.61 Å². The van der Waals surface area contributed by atoms with E-state index in [0.29, 0.717) is 17.0 Å². The number of rotatable bonds is 1. The molecule has 0 atom stereocenters. The number of halogens is 1. The third-order valence-electron chi connectivity index (χ3n) is 2.64. The highest BCUT2D eigenvalue weighted by molar-refractivity contribution is 5.98. The van der Waals surface area contributed by atoms with Crippen LogP contribution < -0.4 is 9.64 Å². The molecule has 1 aliphatic rings. The van der Waals surface area contributed by atoms with Gasteiger partial charge in [-0.15, -0.1) is 0 Å². The van der Waals surface area contributed by atoms with Crippen LogP contribution in [0.15, 0.2) is 12.1 Å². The van der Waals surface area contributed by atoms with Crippen molar-refractivity contribution >= 4 is 11.6 Å². The number of hydrogen-bond donors (Lipinski definition) is 0. The predicted octanol–water partition coefficient (Wildman–Crippen LogP) is 3.29. The first-order valence-corrected chi connectivity index (χ1v) is 6.25. The quantitative estimate of drug-likeness (QED) is 0.768. The minimum atomic E-state index is -0.309. The summed E-state index contributed by atoms with van der Waals surface area (Å²) >= 11 is 0. The van der Waals surface area contributed by atoms with Crippen LogP contribution in [-0.4, -0.2) is 18.6 Å². The van der Waals surface area contributed by atoms with Gasteiger partial charge in [0, 0.05) is 12.1 Å². The standard InChI is InChI=1S/C12H14FNO2.C2H6/c1-7(2)14-10-4-8(3)9(13)5-11(10)16-6-12(14)15;1-2/h4-5,7H,6H2,1-3H3;1-2H3. The molecule has 0 spiro atoms. The van der Waals surface area contributed by atoms with Gasteiger partial charge in [0.05, 0.1) is 5.69 Å². The number of aryl methyl sites for hydroxylation is 1. The molecule has 0 radical (unpaired) electrons. The van der Waals surface area contributed by atoms with Gasteiger partial charge in [0.25, 0.3) is 5.91 Å². The van der Waals surface area contributed by atoms with Gasteiger partial charge in [-0.1, -0.05) is 13.8 Å². The van der Waals surface area contributed by atoms with Crippen LogP contribution in [0.25, 0.3) is 0 Å². The van der Waals surface area contributed by atoms with Crippen LogP contribution in [0.2, 0.25) is 0 Å². The Hall–Kier alpha value is -1.58. The topological polar surface area (TPSA) is 29.5 Å². The fourth-order valence-corrected chi connectivity index (χ4v) is 1.86. The maximum Gasteiger partial charge on any atom is 0.265 e. The van der Waals surface area contributed by atoms with Gasteiger partial charge < -0.3 is 9.64 Å². The highest BCUT2D eigenvalue weighted by Crippen LogP contribution is 2.35. The minimum absolute atomic E-state index is 0.0202. The van der Waals surface area contributed by atoms with E-state index in [0.717, 1.165) is 0 Å². The van der Waals surface area contributed by atoms with E-state index in [4.69, 9.17) is 4.74 Å². The van der Waals surface area contributed by atoms with E-state index in [-0.39, 0.29) is 24.4 Å². The van der Waals surface area contributed by atoms with E-state index in [9.17, 15) is 9.18 Å². The zero-order valence-corrected chi connectivity index (χ0v) is 11.6. The van der Waals surface area contributed by atoms with Gasteiger partial charge in [-0.2, -0.15) is 0 Å². The second-order valence-electron chi connectivity index (χ2n) is 4.22. The number of nitrogens with zero attached hydrogens (tertiary/aromatic N) is 1. The lowest BCUT2D eigenvalue weighted by molar-refractivity contribution is -0.121. The maximum atomic E-state index is 13.3. The zero-order chi connectivity index (χ0) is 13.9. The van der Waals surface area contributed by atoms with Crippen LogP contribution in [0.4, 0.5) is 10.1 Å². The molecule has 1 amide bonds. The van der Waals surface area contributed by atoms with E-state index in [1.165, 1.54) is 6.07 Å². The Morgan fingerprint density at radius 3 is 2.50 bits per heavy atom. The molecule has 0 saturated carbocycles. The number of carbonyl (C=O) groups excluding carboxylic acids is 1. The molecule has 100 valence electrons. The first kappa shape index (κ1) is 14.5. The Bertz CT molecular complexity index is 444. The Labute approximate surface area is 108 Å². The summed E-state index contributed by atoms with van der Waals surface area (Å²) in [6.07, 6.45) is 0. The number of ether oxygens (including phenoxy) is 1. The molecule has 2 rings (SSSR count). The molecule has 1 aromatic rings. The van der Waals surface area contributed by atoms with E-state index in [1.807, 2.05) is 27.7 Å². The molecule has 0 bridgehead atoms. The lowest BCUT2D eigenvalue weighted by atomic mass is 10.1. The van der Waals surface area contributed by atoms with E-state index < -0.39 is 0 Å². The first-order valence-electron chi connectivity index (χ1n) is 6.25. The number of hydrogen-bond acceptors (Lipinski definition) is 2. The largest absolute Gasteiger partial charge is 0.481 e. The third-order valence-corrected chi connectivity index (χ3v) is 2.64.